The maximum absolute atomic E-state index is 12.2. The fourth-order valence-electron chi connectivity index (χ4n) is 2.58. The van der Waals surface area contributed by atoms with Crippen LogP contribution in [-0.2, 0) is 4.74 Å². The van der Waals surface area contributed by atoms with Gasteiger partial charge in [0.25, 0.3) is 0 Å². The standard InChI is InChI=1S/C18H21N3O2/c1-14-6-8-15(9-7-14)19-18(22)20-16-4-2-3-5-17(16)21-10-12-23-13-11-21/h2-9H,10-13H2,1H3,(H2,19,20,22). The fourth-order valence-corrected chi connectivity index (χ4v) is 2.58. The van der Waals surface area contributed by atoms with Crippen molar-refractivity contribution >= 4 is 23.1 Å². The summed E-state index contributed by atoms with van der Waals surface area (Å²) in [6.45, 7) is 5.10. The molecule has 0 saturated carbocycles. The molecule has 3 rings (SSSR count). The van der Waals surface area contributed by atoms with Gasteiger partial charge in [-0.15, -0.1) is 0 Å². The number of carbonyl (C=O) groups excluding carboxylic acids is 1. The number of benzene rings is 2. The molecule has 1 fully saturated rings. The molecular formula is C18H21N3O2. The number of urea groups is 1. The van der Waals surface area contributed by atoms with Crippen LogP contribution < -0.4 is 15.5 Å². The number of para-hydroxylation sites is 2. The molecule has 0 spiro atoms. The van der Waals surface area contributed by atoms with E-state index >= 15 is 0 Å². The average molecular weight is 311 g/mol. The van der Waals surface area contributed by atoms with Crippen LogP contribution in [0.1, 0.15) is 5.56 Å². The van der Waals surface area contributed by atoms with E-state index in [9.17, 15) is 4.79 Å². The highest BCUT2D eigenvalue weighted by Crippen LogP contribution is 2.26. The number of morpholine rings is 1. The predicted molar refractivity (Wildman–Crippen MR) is 93.3 cm³/mol. The molecule has 0 unspecified atom stereocenters. The fraction of sp³-hybridized carbons (Fsp3) is 0.278. The third-order valence-corrected chi connectivity index (χ3v) is 3.81. The third-order valence-electron chi connectivity index (χ3n) is 3.81. The van der Waals surface area contributed by atoms with Gasteiger partial charge in [-0.2, -0.15) is 0 Å². The largest absolute Gasteiger partial charge is 0.378 e. The Morgan fingerprint density at radius 3 is 2.43 bits per heavy atom. The minimum Gasteiger partial charge on any atom is -0.378 e. The van der Waals surface area contributed by atoms with Crippen molar-refractivity contribution in [2.75, 3.05) is 41.8 Å². The zero-order chi connectivity index (χ0) is 16.1. The number of amides is 2. The number of hydrogen-bond acceptors (Lipinski definition) is 3. The summed E-state index contributed by atoms with van der Waals surface area (Å²) in [6.07, 6.45) is 0. The van der Waals surface area contributed by atoms with Crippen LogP contribution in [0.15, 0.2) is 48.5 Å². The number of hydrogen-bond donors (Lipinski definition) is 2. The molecule has 1 aliphatic rings. The first kappa shape index (κ1) is 15.4. The van der Waals surface area contributed by atoms with E-state index in [1.165, 1.54) is 0 Å². The molecule has 1 saturated heterocycles. The van der Waals surface area contributed by atoms with Crippen molar-refractivity contribution in [1.29, 1.82) is 0 Å². The molecule has 0 bridgehead atoms. The molecule has 0 atom stereocenters. The second-order valence-corrected chi connectivity index (χ2v) is 5.56. The Kier molecular flexibility index (Phi) is 4.78. The highest BCUT2D eigenvalue weighted by Gasteiger charge is 2.15. The molecule has 0 aliphatic carbocycles. The summed E-state index contributed by atoms with van der Waals surface area (Å²) < 4.78 is 5.39. The zero-order valence-corrected chi connectivity index (χ0v) is 13.2. The summed E-state index contributed by atoms with van der Waals surface area (Å²) in [4.78, 5) is 14.5. The predicted octanol–water partition coefficient (Wildman–Crippen LogP) is 3.48. The Hall–Kier alpha value is -2.53. The minimum absolute atomic E-state index is 0.241. The van der Waals surface area contributed by atoms with Gasteiger partial charge in [0.1, 0.15) is 0 Å². The van der Waals surface area contributed by atoms with Crippen molar-refractivity contribution in [2.45, 2.75) is 6.92 Å². The van der Waals surface area contributed by atoms with E-state index in [0.717, 1.165) is 35.7 Å². The first-order valence-corrected chi connectivity index (χ1v) is 7.79. The Morgan fingerprint density at radius 1 is 1.00 bits per heavy atom. The highest BCUT2D eigenvalue weighted by molar-refractivity contribution is 6.01. The van der Waals surface area contributed by atoms with Gasteiger partial charge in [-0.05, 0) is 31.2 Å². The lowest BCUT2D eigenvalue weighted by Crippen LogP contribution is -2.36. The van der Waals surface area contributed by atoms with Crippen molar-refractivity contribution in [3.63, 3.8) is 0 Å². The van der Waals surface area contributed by atoms with Gasteiger partial charge in [-0.1, -0.05) is 29.8 Å². The molecule has 0 radical (unpaired) electrons. The number of ether oxygens (including phenoxy) is 1. The molecule has 1 heterocycles. The SMILES string of the molecule is Cc1ccc(NC(=O)Nc2ccccc2N2CCOCC2)cc1. The van der Waals surface area contributed by atoms with E-state index in [1.54, 1.807) is 0 Å². The second kappa shape index (κ2) is 7.15. The molecule has 2 N–H and O–H groups in total. The smallest absolute Gasteiger partial charge is 0.323 e. The maximum Gasteiger partial charge on any atom is 0.323 e. The Morgan fingerprint density at radius 2 is 1.70 bits per heavy atom. The first-order chi connectivity index (χ1) is 11.2. The number of anilines is 3. The number of carbonyl (C=O) groups is 1. The Labute approximate surface area is 136 Å². The van der Waals surface area contributed by atoms with Gasteiger partial charge in [0.15, 0.2) is 0 Å². The number of rotatable bonds is 3. The second-order valence-electron chi connectivity index (χ2n) is 5.56. The maximum atomic E-state index is 12.2. The van der Waals surface area contributed by atoms with Crippen LogP contribution in [0.2, 0.25) is 0 Å². The molecule has 5 nitrogen and oxygen atoms in total. The van der Waals surface area contributed by atoms with E-state index in [0.29, 0.717) is 13.2 Å². The van der Waals surface area contributed by atoms with E-state index in [1.807, 2.05) is 55.5 Å². The molecule has 2 aromatic carbocycles. The van der Waals surface area contributed by atoms with E-state index < -0.39 is 0 Å². The molecule has 23 heavy (non-hydrogen) atoms. The number of nitrogens with one attached hydrogen (secondary N) is 2. The summed E-state index contributed by atoms with van der Waals surface area (Å²) in [5.74, 6) is 0. The van der Waals surface area contributed by atoms with Crippen LogP contribution in [0, 0.1) is 6.92 Å². The Bertz CT molecular complexity index is 664. The molecule has 2 aromatic rings. The van der Waals surface area contributed by atoms with Crippen LogP contribution in [0.4, 0.5) is 21.9 Å². The van der Waals surface area contributed by atoms with E-state index in [4.69, 9.17) is 4.74 Å². The van der Waals surface area contributed by atoms with Gasteiger partial charge in [0, 0.05) is 18.8 Å². The quantitative estimate of drug-likeness (QED) is 0.912. The topological polar surface area (TPSA) is 53.6 Å². The van der Waals surface area contributed by atoms with Gasteiger partial charge >= 0.3 is 6.03 Å². The van der Waals surface area contributed by atoms with Crippen molar-refractivity contribution in [3.8, 4) is 0 Å². The molecule has 5 heteroatoms. The van der Waals surface area contributed by atoms with Gasteiger partial charge in [-0.3, -0.25) is 0 Å². The highest BCUT2D eigenvalue weighted by atomic mass is 16.5. The number of aryl methyl sites for hydroxylation is 1. The number of nitrogens with zero attached hydrogens (tertiary/aromatic N) is 1. The van der Waals surface area contributed by atoms with E-state index in [-0.39, 0.29) is 6.03 Å². The van der Waals surface area contributed by atoms with Gasteiger partial charge in [0.05, 0.1) is 24.6 Å². The average Bonchev–Trinajstić information content (AvgIpc) is 2.58. The van der Waals surface area contributed by atoms with Crippen LogP contribution >= 0.6 is 0 Å². The molecule has 0 aromatic heterocycles. The summed E-state index contributed by atoms with van der Waals surface area (Å²) in [6, 6.07) is 15.3. The Balaban J connectivity index is 1.69. The molecule has 120 valence electrons. The monoisotopic (exact) mass is 311 g/mol. The summed E-state index contributed by atoms with van der Waals surface area (Å²) in [5, 5.41) is 5.79. The van der Waals surface area contributed by atoms with Crippen LogP contribution in [0.3, 0.4) is 0 Å². The van der Waals surface area contributed by atoms with Crippen LogP contribution in [0.5, 0.6) is 0 Å². The van der Waals surface area contributed by atoms with Crippen molar-refractivity contribution in [3.05, 3.63) is 54.1 Å². The summed E-state index contributed by atoms with van der Waals surface area (Å²) >= 11 is 0. The normalized spacial score (nSPS) is 14.4. The zero-order valence-electron chi connectivity index (χ0n) is 13.2. The summed E-state index contributed by atoms with van der Waals surface area (Å²) in [7, 11) is 0. The third kappa shape index (κ3) is 4.02. The van der Waals surface area contributed by atoms with Crippen LogP contribution in [-0.4, -0.2) is 32.3 Å². The lowest BCUT2D eigenvalue weighted by atomic mass is 10.2. The van der Waals surface area contributed by atoms with Gasteiger partial charge in [-0.25, -0.2) is 4.79 Å². The first-order valence-electron chi connectivity index (χ1n) is 7.79. The van der Waals surface area contributed by atoms with Gasteiger partial charge in [0.2, 0.25) is 0 Å². The van der Waals surface area contributed by atoms with Crippen molar-refractivity contribution in [1.82, 2.24) is 0 Å². The van der Waals surface area contributed by atoms with Crippen LogP contribution in [0.25, 0.3) is 0 Å². The van der Waals surface area contributed by atoms with E-state index in [2.05, 4.69) is 15.5 Å². The molecule has 2 amide bonds. The minimum atomic E-state index is -0.241. The summed E-state index contributed by atoms with van der Waals surface area (Å²) in [5.41, 5.74) is 3.76. The van der Waals surface area contributed by atoms with Crippen molar-refractivity contribution < 1.29 is 9.53 Å². The molecule has 1 aliphatic heterocycles. The van der Waals surface area contributed by atoms with Gasteiger partial charge < -0.3 is 20.3 Å². The molecular weight excluding hydrogens is 290 g/mol. The van der Waals surface area contributed by atoms with Crippen molar-refractivity contribution in [2.24, 2.45) is 0 Å². The lowest BCUT2D eigenvalue weighted by Gasteiger charge is -2.30. The lowest BCUT2D eigenvalue weighted by molar-refractivity contribution is 0.123.